The first-order valence-corrected chi connectivity index (χ1v) is 6.32. The third-order valence-electron chi connectivity index (χ3n) is 3.31. The molecule has 0 nitrogen and oxygen atoms in total. The van der Waals surface area contributed by atoms with E-state index in [9.17, 15) is 0 Å². The Bertz CT molecular complexity index is 715. The first-order valence-electron chi connectivity index (χ1n) is 5.51. The molecule has 0 saturated carbocycles. The minimum Gasteiger partial charge on any atom is -0.136 e. The van der Waals surface area contributed by atoms with Crippen molar-refractivity contribution in [3.8, 4) is 0 Å². The van der Waals surface area contributed by atoms with Crippen LogP contribution >= 0.6 is 11.3 Å². The fourth-order valence-electron chi connectivity index (χ4n) is 2.48. The van der Waals surface area contributed by atoms with E-state index in [1.165, 1.54) is 31.3 Å². The van der Waals surface area contributed by atoms with Gasteiger partial charge in [0, 0.05) is 9.40 Å². The van der Waals surface area contributed by atoms with Crippen LogP contribution in [0.5, 0.6) is 0 Å². The van der Waals surface area contributed by atoms with E-state index in [0.29, 0.717) is 0 Å². The Morgan fingerprint density at radius 3 is 2.62 bits per heavy atom. The number of hydrogen-bond donors (Lipinski definition) is 0. The average molecular weight is 222 g/mol. The highest BCUT2D eigenvalue weighted by atomic mass is 32.1. The summed E-state index contributed by atoms with van der Waals surface area (Å²) in [4.78, 5) is 0. The largest absolute Gasteiger partial charge is 0.136 e. The van der Waals surface area contributed by atoms with Gasteiger partial charge in [-0.25, -0.2) is 0 Å². The topological polar surface area (TPSA) is 0 Å². The minimum absolute atomic E-state index is 1.09. The van der Waals surface area contributed by atoms with E-state index in [2.05, 4.69) is 48.5 Å². The van der Waals surface area contributed by atoms with Crippen LogP contribution in [0, 0.1) is 0 Å². The average Bonchev–Trinajstić information content (AvgIpc) is 2.77. The predicted octanol–water partition coefficient (Wildman–Crippen LogP) is 4.52. The SMILES string of the molecule is c1cc2c3cc(c4ccc(cc4)sc3c1)C2. The molecule has 0 unspecified atom stereocenters. The van der Waals surface area contributed by atoms with E-state index in [0.717, 1.165) is 6.42 Å². The maximum Gasteiger partial charge on any atom is 0.0351 e. The predicted molar refractivity (Wildman–Crippen MR) is 71.0 cm³/mol. The lowest BCUT2D eigenvalue weighted by molar-refractivity contribution is 1.29. The zero-order valence-electron chi connectivity index (χ0n) is 8.73. The van der Waals surface area contributed by atoms with Gasteiger partial charge in [0.1, 0.15) is 0 Å². The van der Waals surface area contributed by atoms with Crippen LogP contribution in [0.25, 0.3) is 20.2 Å². The Morgan fingerprint density at radius 1 is 0.875 bits per heavy atom. The summed E-state index contributed by atoms with van der Waals surface area (Å²) in [5.41, 5.74) is 2.93. The van der Waals surface area contributed by atoms with E-state index in [1.54, 1.807) is 0 Å². The van der Waals surface area contributed by atoms with Gasteiger partial charge in [-0.3, -0.25) is 0 Å². The Labute approximate surface area is 97.8 Å². The van der Waals surface area contributed by atoms with Gasteiger partial charge >= 0.3 is 0 Å². The standard InChI is InChI=1S/C15H10S/c1-2-11-8-12-9-14(11)15(3-1)16-13-6-4-10(12)5-7-13/h1-7,9H,8H2. The Hall–Kier alpha value is -1.60. The number of fused-ring (bicyclic) bond motifs is 2. The molecule has 0 aliphatic heterocycles. The third-order valence-corrected chi connectivity index (χ3v) is 4.39. The molecule has 0 spiro atoms. The molecule has 1 heteroatoms. The van der Waals surface area contributed by atoms with Gasteiger partial charge in [-0.2, -0.15) is 0 Å². The molecule has 0 radical (unpaired) electrons. The summed E-state index contributed by atoms with van der Waals surface area (Å²) in [5.74, 6) is 0. The highest BCUT2D eigenvalue weighted by Gasteiger charge is 2.10. The molecule has 76 valence electrons. The van der Waals surface area contributed by atoms with Gasteiger partial charge in [-0.05, 0) is 52.6 Å². The van der Waals surface area contributed by atoms with Crippen molar-refractivity contribution in [3.05, 3.63) is 59.7 Å². The van der Waals surface area contributed by atoms with Gasteiger partial charge in [0.2, 0.25) is 0 Å². The van der Waals surface area contributed by atoms with Crippen molar-refractivity contribution in [1.29, 1.82) is 0 Å². The molecule has 1 aliphatic rings. The summed E-state index contributed by atoms with van der Waals surface area (Å²) in [6, 6.07) is 17.9. The lowest BCUT2D eigenvalue weighted by atomic mass is 10.1. The summed E-state index contributed by atoms with van der Waals surface area (Å²) in [5, 5.41) is 2.80. The molecule has 4 aromatic rings. The minimum atomic E-state index is 1.09. The van der Waals surface area contributed by atoms with Gasteiger partial charge in [0.05, 0.1) is 0 Å². The molecule has 0 N–H and O–H groups in total. The lowest BCUT2D eigenvalue weighted by Crippen LogP contribution is -1.81. The summed E-state index contributed by atoms with van der Waals surface area (Å²) in [6.07, 6.45) is 1.09. The summed E-state index contributed by atoms with van der Waals surface area (Å²) in [7, 11) is 0. The zero-order chi connectivity index (χ0) is 10.5. The monoisotopic (exact) mass is 222 g/mol. The highest BCUT2D eigenvalue weighted by molar-refractivity contribution is 7.23. The van der Waals surface area contributed by atoms with Crippen LogP contribution in [-0.4, -0.2) is 0 Å². The molecule has 2 heterocycles. The Kier molecular flexibility index (Phi) is 1.58. The molecule has 1 aliphatic carbocycles. The van der Waals surface area contributed by atoms with Crippen LogP contribution < -0.4 is 0 Å². The molecule has 5 rings (SSSR count). The van der Waals surface area contributed by atoms with Crippen molar-refractivity contribution in [3.63, 3.8) is 0 Å². The second kappa shape index (κ2) is 2.96. The third kappa shape index (κ3) is 1.09. The Morgan fingerprint density at radius 2 is 1.75 bits per heavy atom. The fourth-order valence-corrected chi connectivity index (χ4v) is 3.45. The summed E-state index contributed by atoms with van der Waals surface area (Å²) >= 11 is 1.87. The van der Waals surface area contributed by atoms with Crippen LogP contribution in [0.3, 0.4) is 0 Å². The fraction of sp³-hybridized carbons (Fsp3) is 0.0667. The number of rotatable bonds is 0. The molecule has 0 fully saturated rings. The van der Waals surface area contributed by atoms with Crippen molar-refractivity contribution in [2.45, 2.75) is 6.42 Å². The van der Waals surface area contributed by atoms with Crippen LogP contribution in [0.1, 0.15) is 11.1 Å². The quantitative estimate of drug-likeness (QED) is 0.410. The molecule has 2 aromatic carbocycles. The van der Waals surface area contributed by atoms with E-state index in [4.69, 9.17) is 0 Å². The maximum atomic E-state index is 2.36. The number of hydrogen-bond acceptors (Lipinski definition) is 1. The maximum absolute atomic E-state index is 2.36. The molecular weight excluding hydrogens is 212 g/mol. The normalized spacial score (nSPS) is 12.8. The van der Waals surface area contributed by atoms with Crippen molar-refractivity contribution in [1.82, 2.24) is 0 Å². The molecular formula is C15H10S. The molecule has 0 amide bonds. The van der Waals surface area contributed by atoms with Gasteiger partial charge in [0.15, 0.2) is 0 Å². The Balaban J connectivity index is 2.37. The second-order valence-corrected chi connectivity index (χ2v) is 5.42. The van der Waals surface area contributed by atoms with Crippen LogP contribution in [0.15, 0.2) is 48.5 Å². The molecule has 4 bridgehead atoms. The van der Waals surface area contributed by atoms with Crippen molar-refractivity contribution >= 4 is 31.5 Å². The summed E-state index contributed by atoms with van der Waals surface area (Å²) < 4.78 is 2.72. The first-order chi connectivity index (χ1) is 7.90. The lowest BCUT2D eigenvalue weighted by Gasteiger charge is -1.99. The highest BCUT2D eigenvalue weighted by Crippen LogP contribution is 2.32. The van der Waals surface area contributed by atoms with Crippen molar-refractivity contribution in [2.24, 2.45) is 0 Å². The van der Waals surface area contributed by atoms with E-state index in [1.807, 2.05) is 11.3 Å². The molecule has 0 saturated heterocycles. The zero-order valence-corrected chi connectivity index (χ0v) is 9.55. The van der Waals surface area contributed by atoms with Gasteiger partial charge in [0.25, 0.3) is 0 Å². The molecule has 2 aromatic heterocycles. The van der Waals surface area contributed by atoms with E-state index >= 15 is 0 Å². The summed E-state index contributed by atoms with van der Waals surface area (Å²) in [6.45, 7) is 0. The van der Waals surface area contributed by atoms with Gasteiger partial charge in [-0.1, -0.05) is 24.3 Å². The molecule has 16 heavy (non-hydrogen) atoms. The van der Waals surface area contributed by atoms with Gasteiger partial charge < -0.3 is 0 Å². The van der Waals surface area contributed by atoms with Gasteiger partial charge in [-0.15, -0.1) is 11.3 Å². The van der Waals surface area contributed by atoms with Crippen LogP contribution in [0.2, 0.25) is 0 Å². The van der Waals surface area contributed by atoms with Crippen LogP contribution in [-0.2, 0) is 6.42 Å². The smallest absolute Gasteiger partial charge is 0.0351 e. The van der Waals surface area contributed by atoms with Crippen molar-refractivity contribution in [2.75, 3.05) is 0 Å². The van der Waals surface area contributed by atoms with Crippen LogP contribution in [0.4, 0.5) is 0 Å². The first kappa shape index (κ1) is 8.54. The van der Waals surface area contributed by atoms with E-state index < -0.39 is 0 Å². The molecule has 0 atom stereocenters. The number of benzene rings is 2. The van der Waals surface area contributed by atoms with E-state index in [-0.39, 0.29) is 0 Å². The second-order valence-electron chi connectivity index (χ2n) is 4.30. The van der Waals surface area contributed by atoms with Crippen molar-refractivity contribution < 1.29 is 0 Å².